The Hall–Kier alpha value is -2.47. The number of aliphatic hydroxyl groups excluding tert-OH is 1. The van der Waals surface area contributed by atoms with Crippen LogP contribution in [0.15, 0.2) is 24.3 Å². The zero-order valence-corrected chi connectivity index (χ0v) is 22.2. The molecular weight excluding hydrogens is 543 g/mol. The van der Waals surface area contributed by atoms with Gasteiger partial charge >= 0.3 is 6.18 Å². The Labute approximate surface area is 229 Å². The van der Waals surface area contributed by atoms with Gasteiger partial charge in [0, 0.05) is 74.3 Å². The van der Waals surface area contributed by atoms with Gasteiger partial charge in [0.25, 0.3) is 5.91 Å². The summed E-state index contributed by atoms with van der Waals surface area (Å²) in [5, 5.41) is 10.0. The van der Waals surface area contributed by atoms with Gasteiger partial charge in [-0.25, -0.2) is 8.78 Å². The number of primary amides is 1. The molecule has 0 spiro atoms. The van der Waals surface area contributed by atoms with Crippen LogP contribution < -0.4 is 10.6 Å². The van der Waals surface area contributed by atoms with E-state index in [1.165, 1.54) is 6.07 Å². The van der Waals surface area contributed by atoms with E-state index in [0.29, 0.717) is 61.1 Å². The minimum absolute atomic E-state index is 0.00288. The van der Waals surface area contributed by atoms with Crippen molar-refractivity contribution < 1.29 is 31.9 Å². The van der Waals surface area contributed by atoms with Crippen LogP contribution in [0, 0.1) is 17.6 Å². The molecule has 2 aromatic carbocycles. The first-order valence-electron chi connectivity index (χ1n) is 12.9. The molecule has 4 rings (SSSR count). The van der Waals surface area contributed by atoms with Gasteiger partial charge < -0.3 is 15.7 Å². The quantitative estimate of drug-likeness (QED) is 0.449. The molecule has 2 saturated heterocycles. The van der Waals surface area contributed by atoms with E-state index in [-0.39, 0.29) is 31.2 Å². The molecule has 2 heterocycles. The lowest BCUT2D eigenvalue weighted by Crippen LogP contribution is -2.47. The van der Waals surface area contributed by atoms with Crippen LogP contribution in [0.5, 0.6) is 0 Å². The maximum atomic E-state index is 15.6. The Kier molecular flexibility index (Phi) is 9.36. The van der Waals surface area contributed by atoms with Crippen molar-refractivity contribution in [3.05, 3.63) is 52.0 Å². The Morgan fingerprint density at radius 2 is 1.74 bits per heavy atom. The summed E-state index contributed by atoms with van der Waals surface area (Å²) in [4.78, 5) is 17.6. The van der Waals surface area contributed by atoms with Gasteiger partial charge in [-0.15, -0.1) is 0 Å². The van der Waals surface area contributed by atoms with E-state index in [4.69, 9.17) is 17.3 Å². The lowest BCUT2D eigenvalue weighted by molar-refractivity contribution is -0.138. The molecule has 2 aromatic rings. The molecule has 2 aliphatic rings. The molecule has 0 radical (unpaired) electrons. The predicted octanol–water partition coefficient (Wildman–Crippen LogP) is 4.66. The molecule has 0 aliphatic carbocycles. The number of benzene rings is 2. The standard InChI is InChI=1S/C27H32ClF5N4O2/c28-18-3-4-19(23(12-18)37-10-8-35(9-11-37)7-5-27(31,32)33)20-13-21(26(34)39)24(29)25(30)22(20)15-36-6-1-2-17(14-36)16-38/h3-4,12-13,17,38H,1-2,5-11,14-16H2,(H2,34,39). The van der Waals surface area contributed by atoms with E-state index in [0.717, 1.165) is 12.8 Å². The third-order valence-electron chi connectivity index (χ3n) is 7.49. The Balaban J connectivity index is 1.70. The van der Waals surface area contributed by atoms with Crippen LogP contribution in [0.4, 0.5) is 27.6 Å². The third-order valence-corrected chi connectivity index (χ3v) is 7.73. The molecular formula is C27H32ClF5N4O2. The van der Waals surface area contributed by atoms with Gasteiger partial charge in [0.15, 0.2) is 11.6 Å². The van der Waals surface area contributed by atoms with E-state index in [1.54, 1.807) is 23.1 Å². The fourth-order valence-corrected chi connectivity index (χ4v) is 5.56. The molecule has 39 heavy (non-hydrogen) atoms. The maximum Gasteiger partial charge on any atom is 0.390 e. The largest absolute Gasteiger partial charge is 0.396 e. The number of aliphatic hydroxyl groups is 1. The monoisotopic (exact) mass is 574 g/mol. The summed E-state index contributed by atoms with van der Waals surface area (Å²) in [6.07, 6.45) is -3.48. The lowest BCUT2D eigenvalue weighted by Gasteiger charge is -2.37. The minimum Gasteiger partial charge on any atom is -0.396 e. The molecule has 214 valence electrons. The Morgan fingerprint density at radius 1 is 1.03 bits per heavy atom. The number of hydrogen-bond acceptors (Lipinski definition) is 5. The van der Waals surface area contributed by atoms with Crippen LogP contribution in [0.1, 0.15) is 35.2 Å². The average molecular weight is 575 g/mol. The Morgan fingerprint density at radius 3 is 2.38 bits per heavy atom. The van der Waals surface area contributed by atoms with Crippen LogP contribution >= 0.6 is 11.6 Å². The fourth-order valence-electron chi connectivity index (χ4n) is 5.40. The lowest BCUT2D eigenvalue weighted by atomic mass is 9.92. The third kappa shape index (κ3) is 7.19. The van der Waals surface area contributed by atoms with E-state index in [1.807, 2.05) is 9.80 Å². The highest BCUT2D eigenvalue weighted by Gasteiger charge is 2.30. The van der Waals surface area contributed by atoms with Crippen molar-refractivity contribution in [1.29, 1.82) is 0 Å². The van der Waals surface area contributed by atoms with E-state index >= 15 is 4.39 Å². The first-order chi connectivity index (χ1) is 18.5. The van der Waals surface area contributed by atoms with E-state index < -0.39 is 35.7 Å². The number of alkyl halides is 3. The maximum absolute atomic E-state index is 15.6. The van der Waals surface area contributed by atoms with Crippen molar-refractivity contribution in [3.8, 4) is 11.1 Å². The van der Waals surface area contributed by atoms with E-state index in [9.17, 15) is 27.5 Å². The van der Waals surface area contributed by atoms with Crippen LogP contribution in [-0.4, -0.2) is 79.4 Å². The van der Waals surface area contributed by atoms with Crippen molar-refractivity contribution in [1.82, 2.24) is 9.80 Å². The molecule has 6 nitrogen and oxygen atoms in total. The van der Waals surface area contributed by atoms with Gasteiger partial charge in [-0.1, -0.05) is 17.7 Å². The summed E-state index contributed by atoms with van der Waals surface area (Å²) in [6, 6.07) is 6.22. The molecule has 1 unspecified atom stereocenters. The molecule has 3 N–H and O–H groups in total. The fraction of sp³-hybridized carbons (Fsp3) is 0.519. The summed E-state index contributed by atoms with van der Waals surface area (Å²) >= 11 is 6.32. The topological polar surface area (TPSA) is 73.0 Å². The highest BCUT2D eigenvalue weighted by molar-refractivity contribution is 6.31. The predicted molar refractivity (Wildman–Crippen MR) is 140 cm³/mol. The van der Waals surface area contributed by atoms with Crippen molar-refractivity contribution in [2.45, 2.75) is 32.0 Å². The van der Waals surface area contributed by atoms with Gasteiger partial charge in [0.05, 0.1) is 12.0 Å². The zero-order valence-electron chi connectivity index (χ0n) is 21.4. The highest BCUT2D eigenvalue weighted by atomic mass is 35.5. The molecule has 0 aromatic heterocycles. The van der Waals surface area contributed by atoms with Crippen LogP contribution in [0.3, 0.4) is 0 Å². The second-order valence-electron chi connectivity index (χ2n) is 10.2. The number of likely N-dealkylation sites (tertiary alicyclic amines) is 1. The molecule has 0 saturated carbocycles. The molecule has 2 fully saturated rings. The smallest absolute Gasteiger partial charge is 0.390 e. The number of anilines is 1. The summed E-state index contributed by atoms with van der Waals surface area (Å²) < 4.78 is 68.6. The number of amides is 1. The molecule has 0 bridgehead atoms. The number of nitrogens with two attached hydrogens (primary N) is 1. The minimum atomic E-state index is -4.23. The van der Waals surface area contributed by atoms with Gasteiger partial charge in [-0.05, 0) is 49.1 Å². The first kappa shape index (κ1) is 29.5. The highest BCUT2D eigenvalue weighted by Crippen LogP contribution is 2.39. The molecule has 1 amide bonds. The average Bonchev–Trinajstić information content (AvgIpc) is 2.90. The van der Waals surface area contributed by atoms with Crippen LogP contribution in [0.2, 0.25) is 5.02 Å². The zero-order chi connectivity index (χ0) is 28.3. The normalized spacial score (nSPS) is 19.5. The SMILES string of the molecule is NC(=O)c1cc(-c2ccc(Cl)cc2N2CCN(CCC(F)(F)F)CC2)c(CN2CCCC(CO)C2)c(F)c1F. The summed E-state index contributed by atoms with van der Waals surface area (Å²) in [7, 11) is 0. The number of halogens is 6. The number of nitrogens with zero attached hydrogens (tertiary/aromatic N) is 3. The number of carbonyl (C=O) groups is 1. The first-order valence-corrected chi connectivity index (χ1v) is 13.3. The summed E-state index contributed by atoms with van der Waals surface area (Å²) in [6.45, 7) is 2.68. The van der Waals surface area contributed by atoms with Crippen molar-refractivity contribution >= 4 is 23.2 Å². The number of carbonyl (C=O) groups excluding carboxylic acids is 1. The van der Waals surface area contributed by atoms with Gasteiger partial charge in [-0.3, -0.25) is 14.6 Å². The summed E-state index contributed by atoms with van der Waals surface area (Å²) in [5.41, 5.74) is 6.27. The number of hydrogen-bond donors (Lipinski definition) is 2. The van der Waals surface area contributed by atoms with Gasteiger partial charge in [-0.2, -0.15) is 13.2 Å². The molecule has 1 atom stereocenters. The second kappa shape index (κ2) is 12.4. The van der Waals surface area contributed by atoms with Crippen LogP contribution in [0.25, 0.3) is 11.1 Å². The van der Waals surface area contributed by atoms with Gasteiger partial charge in [0.1, 0.15) is 0 Å². The molecule has 12 heteroatoms. The number of piperidine rings is 1. The van der Waals surface area contributed by atoms with E-state index in [2.05, 4.69) is 0 Å². The van der Waals surface area contributed by atoms with Gasteiger partial charge in [0.2, 0.25) is 0 Å². The van der Waals surface area contributed by atoms with Crippen molar-refractivity contribution in [2.24, 2.45) is 11.7 Å². The van der Waals surface area contributed by atoms with Crippen LogP contribution in [-0.2, 0) is 6.54 Å². The second-order valence-corrected chi connectivity index (χ2v) is 10.7. The number of piperazine rings is 1. The van der Waals surface area contributed by atoms with Crippen molar-refractivity contribution in [2.75, 3.05) is 57.3 Å². The Bertz CT molecular complexity index is 1190. The van der Waals surface area contributed by atoms with Crippen molar-refractivity contribution in [3.63, 3.8) is 0 Å². The molecule has 2 aliphatic heterocycles. The summed E-state index contributed by atoms with van der Waals surface area (Å²) in [5.74, 6) is -3.55. The number of rotatable bonds is 8.